The lowest BCUT2D eigenvalue weighted by Gasteiger charge is -2.11. The number of carbonyl (C=O) groups excluding carboxylic acids is 1. The number of rotatable bonds is 6. The summed E-state index contributed by atoms with van der Waals surface area (Å²) in [5, 5.41) is 0. The summed E-state index contributed by atoms with van der Waals surface area (Å²) in [6.45, 7) is 0. The van der Waals surface area contributed by atoms with Gasteiger partial charge >= 0.3 is 0 Å². The molecule has 0 aliphatic rings. The van der Waals surface area contributed by atoms with Gasteiger partial charge in [0.05, 0.1) is 19.1 Å². The molecule has 0 aliphatic carbocycles. The first-order valence-corrected chi connectivity index (χ1v) is 8.94. The summed E-state index contributed by atoms with van der Waals surface area (Å²) >= 11 is 3.26. The van der Waals surface area contributed by atoms with Gasteiger partial charge in [0.25, 0.3) is 15.9 Å². The quantitative estimate of drug-likeness (QED) is 0.705. The van der Waals surface area contributed by atoms with Crippen LogP contribution in [0.15, 0.2) is 51.8 Å². The molecule has 0 heterocycles. The van der Waals surface area contributed by atoms with Gasteiger partial charge in [-0.25, -0.2) is 8.42 Å². The smallest absolute Gasteiger partial charge is 0.266 e. The van der Waals surface area contributed by atoms with Crippen LogP contribution in [0.4, 0.5) is 0 Å². The molecule has 0 spiro atoms. The lowest BCUT2D eigenvalue weighted by molar-refractivity contribution is 0.0945. The summed E-state index contributed by atoms with van der Waals surface area (Å²) < 4.78 is 35.5. The van der Waals surface area contributed by atoms with Crippen LogP contribution in [-0.4, -0.2) is 28.5 Å². The Bertz CT molecular complexity index is 837. The largest absolute Gasteiger partial charge is 0.493 e. The fraction of sp³-hybridized carbons (Fsp3) is 0.133. The van der Waals surface area contributed by atoms with Crippen molar-refractivity contribution in [1.29, 1.82) is 0 Å². The van der Waals surface area contributed by atoms with Gasteiger partial charge in [-0.05, 0) is 36.4 Å². The zero-order chi connectivity index (χ0) is 17.7. The molecule has 0 saturated carbocycles. The van der Waals surface area contributed by atoms with Gasteiger partial charge in [-0.3, -0.25) is 10.2 Å². The van der Waals surface area contributed by atoms with E-state index in [9.17, 15) is 13.2 Å². The van der Waals surface area contributed by atoms with Crippen LogP contribution in [0.3, 0.4) is 0 Å². The Kier molecular flexibility index (Phi) is 5.81. The van der Waals surface area contributed by atoms with E-state index in [-0.39, 0.29) is 10.6 Å². The number of hydrazine groups is 1. The van der Waals surface area contributed by atoms with Crippen LogP contribution < -0.4 is 19.7 Å². The number of methoxy groups -OCH3 is 2. The van der Waals surface area contributed by atoms with Crippen molar-refractivity contribution >= 4 is 31.9 Å². The van der Waals surface area contributed by atoms with Crippen molar-refractivity contribution < 1.29 is 22.7 Å². The van der Waals surface area contributed by atoms with E-state index in [1.54, 1.807) is 24.3 Å². The van der Waals surface area contributed by atoms with E-state index in [0.29, 0.717) is 11.3 Å². The molecule has 0 fully saturated rings. The minimum absolute atomic E-state index is 0.0729. The van der Waals surface area contributed by atoms with Crippen LogP contribution in [0, 0.1) is 0 Å². The lowest BCUT2D eigenvalue weighted by Crippen LogP contribution is -2.41. The maximum atomic E-state index is 12.3. The summed E-state index contributed by atoms with van der Waals surface area (Å²) in [5.41, 5.74) is 2.47. The van der Waals surface area contributed by atoms with Crippen molar-refractivity contribution in [1.82, 2.24) is 10.3 Å². The fourth-order valence-corrected chi connectivity index (χ4v) is 2.95. The molecule has 128 valence electrons. The van der Waals surface area contributed by atoms with Crippen molar-refractivity contribution in [2.75, 3.05) is 14.2 Å². The number of benzene rings is 2. The van der Waals surface area contributed by atoms with Crippen LogP contribution in [0.25, 0.3) is 0 Å². The minimum Gasteiger partial charge on any atom is -0.493 e. The standard InChI is InChI=1S/C15H15BrN2O5S/c1-22-13-8-7-12(9-14(13)23-2)24(20,21)18-17-15(19)10-3-5-11(16)6-4-10/h3-9,18H,1-2H3,(H,17,19). The van der Waals surface area contributed by atoms with E-state index in [1.165, 1.54) is 32.4 Å². The van der Waals surface area contributed by atoms with E-state index in [4.69, 9.17) is 9.47 Å². The minimum atomic E-state index is -3.96. The van der Waals surface area contributed by atoms with Crippen molar-refractivity contribution in [3.05, 3.63) is 52.5 Å². The van der Waals surface area contributed by atoms with Gasteiger partial charge in [-0.1, -0.05) is 15.9 Å². The van der Waals surface area contributed by atoms with E-state index >= 15 is 0 Å². The average Bonchev–Trinajstić information content (AvgIpc) is 2.59. The van der Waals surface area contributed by atoms with Crippen LogP contribution in [0.1, 0.15) is 10.4 Å². The van der Waals surface area contributed by atoms with Crippen LogP contribution >= 0.6 is 15.9 Å². The van der Waals surface area contributed by atoms with Gasteiger partial charge < -0.3 is 9.47 Å². The highest BCUT2D eigenvalue weighted by Crippen LogP contribution is 2.29. The maximum Gasteiger partial charge on any atom is 0.266 e. The number of hydrogen-bond acceptors (Lipinski definition) is 5. The Hall–Kier alpha value is -2.10. The summed E-state index contributed by atoms with van der Waals surface area (Å²) in [7, 11) is -1.11. The number of sulfonamides is 1. The van der Waals surface area contributed by atoms with Crippen molar-refractivity contribution in [3.63, 3.8) is 0 Å². The summed E-state index contributed by atoms with van der Waals surface area (Å²) in [5.74, 6) is 0.0847. The highest BCUT2D eigenvalue weighted by molar-refractivity contribution is 9.10. The molecule has 0 aromatic heterocycles. The van der Waals surface area contributed by atoms with Crippen molar-refractivity contribution in [3.8, 4) is 11.5 Å². The molecule has 2 aromatic carbocycles. The van der Waals surface area contributed by atoms with Gasteiger partial charge in [-0.2, -0.15) is 0 Å². The number of halogens is 1. The molecule has 0 bridgehead atoms. The molecule has 0 aliphatic heterocycles. The Morgan fingerprint density at radius 1 is 1.00 bits per heavy atom. The molecule has 0 radical (unpaired) electrons. The molecule has 7 nitrogen and oxygen atoms in total. The molecule has 0 unspecified atom stereocenters. The predicted octanol–water partition coefficient (Wildman–Crippen LogP) is 2.09. The van der Waals surface area contributed by atoms with Crippen molar-refractivity contribution in [2.45, 2.75) is 4.90 Å². The predicted molar refractivity (Wildman–Crippen MR) is 91.5 cm³/mol. The van der Waals surface area contributed by atoms with Crippen LogP contribution in [0.5, 0.6) is 11.5 Å². The van der Waals surface area contributed by atoms with E-state index in [2.05, 4.69) is 21.4 Å². The second-order valence-corrected chi connectivity index (χ2v) is 7.18. The van der Waals surface area contributed by atoms with Gasteiger partial charge in [0, 0.05) is 16.1 Å². The first kappa shape index (κ1) is 18.2. The second kappa shape index (κ2) is 7.65. The SMILES string of the molecule is COc1ccc(S(=O)(=O)NNC(=O)c2ccc(Br)cc2)cc1OC. The number of carbonyl (C=O) groups is 1. The number of hydrogen-bond donors (Lipinski definition) is 2. The highest BCUT2D eigenvalue weighted by Gasteiger charge is 2.18. The van der Waals surface area contributed by atoms with E-state index in [0.717, 1.165) is 4.47 Å². The monoisotopic (exact) mass is 414 g/mol. The van der Waals surface area contributed by atoms with Gasteiger partial charge in [0.15, 0.2) is 11.5 Å². The lowest BCUT2D eigenvalue weighted by atomic mass is 10.2. The highest BCUT2D eigenvalue weighted by atomic mass is 79.9. The van der Waals surface area contributed by atoms with Crippen molar-refractivity contribution in [2.24, 2.45) is 0 Å². The zero-order valence-corrected chi connectivity index (χ0v) is 15.3. The normalized spacial score (nSPS) is 11.0. The van der Waals surface area contributed by atoms with Crippen LogP contribution in [-0.2, 0) is 10.0 Å². The molecule has 24 heavy (non-hydrogen) atoms. The third kappa shape index (κ3) is 4.25. The first-order chi connectivity index (χ1) is 11.4. The summed E-state index contributed by atoms with van der Waals surface area (Å²) in [6.07, 6.45) is 0. The number of nitrogens with one attached hydrogen (secondary N) is 2. The third-order valence-electron chi connectivity index (χ3n) is 3.07. The Morgan fingerprint density at radius 2 is 1.62 bits per heavy atom. The van der Waals surface area contributed by atoms with Gasteiger partial charge in [-0.15, -0.1) is 4.83 Å². The van der Waals surface area contributed by atoms with Gasteiger partial charge in [0.1, 0.15) is 0 Å². The molecule has 9 heteroatoms. The summed E-state index contributed by atoms with van der Waals surface area (Å²) in [6, 6.07) is 10.6. The van der Waals surface area contributed by atoms with Gasteiger partial charge in [0.2, 0.25) is 0 Å². The maximum absolute atomic E-state index is 12.3. The fourth-order valence-electron chi connectivity index (χ4n) is 1.83. The molecule has 0 saturated heterocycles. The Labute approximate surface area is 148 Å². The van der Waals surface area contributed by atoms with E-state index in [1.807, 2.05) is 4.83 Å². The zero-order valence-electron chi connectivity index (χ0n) is 12.9. The summed E-state index contributed by atoms with van der Waals surface area (Å²) in [4.78, 5) is 13.9. The molecule has 2 N–H and O–H groups in total. The topological polar surface area (TPSA) is 93.7 Å². The van der Waals surface area contributed by atoms with Crippen LogP contribution in [0.2, 0.25) is 0 Å². The molecule has 1 amide bonds. The number of amides is 1. The Morgan fingerprint density at radius 3 is 2.21 bits per heavy atom. The average molecular weight is 415 g/mol. The molecular formula is C15H15BrN2O5S. The molecular weight excluding hydrogens is 400 g/mol. The van der Waals surface area contributed by atoms with E-state index < -0.39 is 15.9 Å². The number of ether oxygens (including phenoxy) is 2. The molecule has 2 aromatic rings. The molecule has 0 atom stereocenters. The molecule has 2 rings (SSSR count). The first-order valence-electron chi connectivity index (χ1n) is 6.67. The Balaban J connectivity index is 2.13. The third-order valence-corrected chi connectivity index (χ3v) is 4.84. The second-order valence-electron chi connectivity index (χ2n) is 4.58.